The number of rotatable bonds is 4. The van der Waals surface area contributed by atoms with Gasteiger partial charge < -0.3 is 16.2 Å². The molecular weight excluding hydrogens is 220 g/mol. The number of carbonyl (C=O) groups excluding carboxylic acids is 1. The number of carboxylic acids is 1. The van der Waals surface area contributed by atoms with Crippen LogP contribution in [0.15, 0.2) is 18.2 Å². The predicted octanol–water partition coefficient (Wildman–Crippen LogP) is 1.71. The largest absolute Gasteiger partial charge is 0.478 e. The Labute approximate surface area is 98.6 Å². The Balaban J connectivity index is 2.04. The van der Waals surface area contributed by atoms with E-state index in [2.05, 4.69) is 5.32 Å². The highest BCUT2D eigenvalue weighted by Gasteiger charge is 2.24. The molecule has 0 atom stereocenters. The molecule has 17 heavy (non-hydrogen) atoms. The van der Waals surface area contributed by atoms with Gasteiger partial charge in [-0.1, -0.05) is 0 Å². The lowest BCUT2D eigenvalue weighted by Gasteiger charge is -2.08. The van der Waals surface area contributed by atoms with Crippen LogP contribution in [0.25, 0.3) is 0 Å². The average Bonchev–Trinajstić information content (AvgIpc) is 3.04. The standard InChI is InChI=1S/C12H14N2O3/c13-9-6-8(12(16)17)3-4-10(9)14-11(15)5-7-1-2-7/h3-4,6-7H,1-2,5,13H2,(H,14,15)(H,16,17). The lowest BCUT2D eigenvalue weighted by Crippen LogP contribution is -2.13. The molecule has 1 amide bonds. The Bertz CT molecular complexity index is 467. The van der Waals surface area contributed by atoms with Crippen molar-refractivity contribution in [1.29, 1.82) is 0 Å². The van der Waals surface area contributed by atoms with Gasteiger partial charge in [0.25, 0.3) is 0 Å². The second kappa shape index (κ2) is 4.45. The van der Waals surface area contributed by atoms with Crippen LogP contribution in [0.1, 0.15) is 29.6 Å². The minimum absolute atomic E-state index is 0.0673. The van der Waals surface area contributed by atoms with E-state index in [9.17, 15) is 9.59 Å². The van der Waals surface area contributed by atoms with E-state index >= 15 is 0 Å². The molecular formula is C12H14N2O3. The van der Waals surface area contributed by atoms with E-state index in [1.165, 1.54) is 18.2 Å². The number of nitrogen functional groups attached to an aromatic ring is 1. The first-order valence-electron chi connectivity index (χ1n) is 5.49. The van der Waals surface area contributed by atoms with Crippen molar-refractivity contribution >= 4 is 23.3 Å². The van der Waals surface area contributed by atoms with Crippen LogP contribution in [0.2, 0.25) is 0 Å². The van der Waals surface area contributed by atoms with Gasteiger partial charge in [0.15, 0.2) is 0 Å². The van der Waals surface area contributed by atoms with Gasteiger partial charge in [-0.15, -0.1) is 0 Å². The van der Waals surface area contributed by atoms with E-state index in [1.807, 2.05) is 0 Å². The summed E-state index contributed by atoms with van der Waals surface area (Å²) in [6.07, 6.45) is 2.74. The number of aromatic carboxylic acids is 1. The van der Waals surface area contributed by atoms with Crippen molar-refractivity contribution in [3.05, 3.63) is 23.8 Å². The van der Waals surface area contributed by atoms with Crippen molar-refractivity contribution in [2.75, 3.05) is 11.1 Å². The molecule has 1 aliphatic rings. The molecule has 1 aliphatic carbocycles. The summed E-state index contributed by atoms with van der Waals surface area (Å²) in [5.74, 6) is -0.593. The maximum atomic E-state index is 11.6. The third-order valence-corrected chi connectivity index (χ3v) is 2.74. The van der Waals surface area contributed by atoms with E-state index in [0.717, 1.165) is 12.8 Å². The monoisotopic (exact) mass is 234 g/mol. The highest BCUT2D eigenvalue weighted by atomic mass is 16.4. The molecule has 5 nitrogen and oxygen atoms in total. The molecule has 0 saturated heterocycles. The van der Waals surface area contributed by atoms with Crippen LogP contribution in [0.4, 0.5) is 11.4 Å². The lowest BCUT2D eigenvalue weighted by molar-refractivity contribution is -0.116. The summed E-state index contributed by atoms with van der Waals surface area (Å²) in [6.45, 7) is 0. The highest BCUT2D eigenvalue weighted by molar-refractivity contribution is 5.96. The van der Waals surface area contributed by atoms with Crippen LogP contribution in [-0.2, 0) is 4.79 Å². The molecule has 5 heteroatoms. The van der Waals surface area contributed by atoms with Crippen molar-refractivity contribution in [3.63, 3.8) is 0 Å². The van der Waals surface area contributed by atoms with Crippen molar-refractivity contribution in [2.45, 2.75) is 19.3 Å². The lowest BCUT2D eigenvalue weighted by atomic mass is 10.1. The molecule has 90 valence electrons. The smallest absolute Gasteiger partial charge is 0.335 e. The Morgan fingerprint density at radius 3 is 2.65 bits per heavy atom. The van der Waals surface area contributed by atoms with E-state index in [1.54, 1.807) is 0 Å². The third-order valence-electron chi connectivity index (χ3n) is 2.74. The van der Waals surface area contributed by atoms with E-state index < -0.39 is 5.97 Å². The summed E-state index contributed by atoms with van der Waals surface area (Å²) < 4.78 is 0. The molecule has 0 unspecified atom stereocenters. The second-order valence-corrected chi connectivity index (χ2v) is 4.30. The first-order valence-corrected chi connectivity index (χ1v) is 5.49. The summed E-state index contributed by atoms with van der Waals surface area (Å²) in [7, 11) is 0. The van der Waals surface area contributed by atoms with Gasteiger partial charge in [0, 0.05) is 6.42 Å². The zero-order chi connectivity index (χ0) is 12.4. The van der Waals surface area contributed by atoms with Crippen molar-refractivity contribution in [1.82, 2.24) is 0 Å². The summed E-state index contributed by atoms with van der Waals surface area (Å²) in [6, 6.07) is 4.28. The third kappa shape index (κ3) is 2.96. The fourth-order valence-corrected chi connectivity index (χ4v) is 1.59. The van der Waals surface area contributed by atoms with Crippen LogP contribution in [-0.4, -0.2) is 17.0 Å². The number of amides is 1. The molecule has 0 aliphatic heterocycles. The fraction of sp³-hybridized carbons (Fsp3) is 0.333. The molecule has 2 rings (SSSR count). The van der Waals surface area contributed by atoms with Crippen LogP contribution in [0.5, 0.6) is 0 Å². The molecule has 1 aromatic carbocycles. The number of carbonyl (C=O) groups is 2. The van der Waals surface area contributed by atoms with Gasteiger partial charge in [0.05, 0.1) is 16.9 Å². The topological polar surface area (TPSA) is 92.4 Å². The molecule has 0 heterocycles. The van der Waals surface area contributed by atoms with Crippen LogP contribution in [0, 0.1) is 5.92 Å². The summed E-state index contributed by atoms with van der Waals surface area (Å²) in [5.41, 5.74) is 6.53. The second-order valence-electron chi connectivity index (χ2n) is 4.30. The number of anilines is 2. The zero-order valence-electron chi connectivity index (χ0n) is 9.27. The number of carboxylic acid groups (broad SMARTS) is 1. The van der Waals surface area contributed by atoms with Crippen molar-refractivity contribution < 1.29 is 14.7 Å². The Kier molecular flexibility index (Phi) is 2.99. The molecule has 0 spiro atoms. The Morgan fingerprint density at radius 2 is 2.12 bits per heavy atom. The quantitative estimate of drug-likeness (QED) is 0.691. The SMILES string of the molecule is Nc1cc(C(=O)O)ccc1NC(=O)CC1CC1. The predicted molar refractivity (Wildman–Crippen MR) is 63.8 cm³/mol. The molecule has 1 fully saturated rings. The number of hydrogen-bond donors (Lipinski definition) is 3. The zero-order valence-corrected chi connectivity index (χ0v) is 9.27. The number of benzene rings is 1. The van der Waals surface area contributed by atoms with E-state index in [0.29, 0.717) is 18.0 Å². The van der Waals surface area contributed by atoms with Crippen LogP contribution < -0.4 is 11.1 Å². The Hall–Kier alpha value is -2.04. The van der Waals surface area contributed by atoms with Gasteiger partial charge in [-0.05, 0) is 37.0 Å². The average molecular weight is 234 g/mol. The van der Waals surface area contributed by atoms with Crippen LogP contribution >= 0.6 is 0 Å². The first-order chi connectivity index (χ1) is 8.06. The van der Waals surface area contributed by atoms with Gasteiger partial charge in [-0.25, -0.2) is 4.79 Å². The van der Waals surface area contributed by atoms with Crippen molar-refractivity contribution in [2.24, 2.45) is 5.92 Å². The van der Waals surface area contributed by atoms with Gasteiger partial charge in [0.1, 0.15) is 0 Å². The minimum atomic E-state index is -1.03. The summed E-state index contributed by atoms with van der Waals surface area (Å²) in [4.78, 5) is 22.2. The number of hydrogen-bond acceptors (Lipinski definition) is 3. The normalized spacial score (nSPS) is 14.4. The Morgan fingerprint density at radius 1 is 1.41 bits per heavy atom. The van der Waals surface area contributed by atoms with E-state index in [-0.39, 0.29) is 17.2 Å². The van der Waals surface area contributed by atoms with Gasteiger partial charge in [-0.2, -0.15) is 0 Å². The summed E-state index contributed by atoms with van der Waals surface area (Å²) >= 11 is 0. The number of nitrogens with two attached hydrogens (primary N) is 1. The van der Waals surface area contributed by atoms with Crippen LogP contribution in [0.3, 0.4) is 0 Å². The van der Waals surface area contributed by atoms with E-state index in [4.69, 9.17) is 10.8 Å². The van der Waals surface area contributed by atoms with Gasteiger partial charge in [0.2, 0.25) is 5.91 Å². The summed E-state index contributed by atoms with van der Waals surface area (Å²) in [5, 5.41) is 11.5. The molecule has 1 aromatic rings. The minimum Gasteiger partial charge on any atom is -0.478 e. The molecule has 0 bridgehead atoms. The molecule has 0 aromatic heterocycles. The maximum absolute atomic E-state index is 11.6. The van der Waals surface area contributed by atoms with Gasteiger partial charge >= 0.3 is 5.97 Å². The maximum Gasteiger partial charge on any atom is 0.335 e. The van der Waals surface area contributed by atoms with Gasteiger partial charge in [-0.3, -0.25) is 4.79 Å². The molecule has 0 radical (unpaired) electrons. The molecule has 1 saturated carbocycles. The number of nitrogens with one attached hydrogen (secondary N) is 1. The first kappa shape index (κ1) is 11.4. The highest BCUT2D eigenvalue weighted by Crippen LogP contribution is 2.32. The fourth-order valence-electron chi connectivity index (χ4n) is 1.59. The van der Waals surface area contributed by atoms with Crippen molar-refractivity contribution in [3.8, 4) is 0 Å². The molecule has 4 N–H and O–H groups in total.